The first kappa shape index (κ1) is 16.6. The van der Waals surface area contributed by atoms with E-state index >= 15 is 0 Å². The second-order valence-electron chi connectivity index (χ2n) is 6.86. The average Bonchev–Trinajstić information content (AvgIpc) is 2.46. The molecular weight excluding hydrogens is 280 g/mol. The summed E-state index contributed by atoms with van der Waals surface area (Å²) in [6.07, 6.45) is 6.18. The number of hydrogen-bond donors (Lipinski definition) is 1. The quantitative estimate of drug-likeness (QED) is 0.798. The Hall–Kier alpha value is -1.78. The summed E-state index contributed by atoms with van der Waals surface area (Å²) in [7, 11) is 0. The number of rotatable bonds is 2. The number of piperazine rings is 1. The highest BCUT2D eigenvalue weighted by Gasteiger charge is 2.27. The van der Waals surface area contributed by atoms with Crippen LogP contribution >= 0.6 is 0 Å². The van der Waals surface area contributed by atoms with E-state index in [9.17, 15) is 9.59 Å². The van der Waals surface area contributed by atoms with Crippen LogP contribution in [0.2, 0.25) is 0 Å². The number of nitrogens with zero attached hydrogens (tertiary/aromatic N) is 2. The normalized spacial score (nSPS) is 22.3. The standard InChI is InChI=1S/C17H26N2O3/c1-13-5-4-8-17(2,3)14(13)6-7-15(20)18-9-11-19(12-10-18)16(21)22/h6-7H,4-5,8-12H2,1-3H3,(H,21,22)/b7-6+. The predicted molar refractivity (Wildman–Crippen MR) is 85.6 cm³/mol. The van der Waals surface area contributed by atoms with Crippen LogP contribution in [-0.2, 0) is 4.79 Å². The number of carbonyl (C=O) groups excluding carboxylic acids is 1. The number of allylic oxidation sites excluding steroid dienone is 3. The van der Waals surface area contributed by atoms with Crippen LogP contribution in [0.3, 0.4) is 0 Å². The van der Waals surface area contributed by atoms with Crippen molar-refractivity contribution in [3.63, 3.8) is 0 Å². The summed E-state index contributed by atoms with van der Waals surface area (Å²) < 4.78 is 0. The van der Waals surface area contributed by atoms with Crippen molar-refractivity contribution in [2.24, 2.45) is 5.41 Å². The highest BCUT2D eigenvalue weighted by Crippen LogP contribution is 2.40. The Morgan fingerprint density at radius 1 is 1.14 bits per heavy atom. The largest absolute Gasteiger partial charge is 0.465 e. The first-order valence-corrected chi connectivity index (χ1v) is 7.96. The van der Waals surface area contributed by atoms with Gasteiger partial charge in [0.05, 0.1) is 0 Å². The molecule has 0 aromatic heterocycles. The van der Waals surface area contributed by atoms with Crippen molar-refractivity contribution in [3.8, 4) is 0 Å². The SMILES string of the molecule is CC1=C(/C=C/C(=O)N2CCN(C(=O)O)CC2)C(C)(C)CCC1. The van der Waals surface area contributed by atoms with Crippen LogP contribution < -0.4 is 0 Å². The number of hydrogen-bond acceptors (Lipinski definition) is 2. The van der Waals surface area contributed by atoms with Gasteiger partial charge in [-0.05, 0) is 37.2 Å². The Morgan fingerprint density at radius 2 is 1.73 bits per heavy atom. The van der Waals surface area contributed by atoms with E-state index in [1.807, 2.05) is 6.08 Å². The average molecular weight is 306 g/mol. The molecule has 2 amide bonds. The third-order valence-electron chi connectivity index (χ3n) is 4.80. The van der Waals surface area contributed by atoms with Crippen molar-refractivity contribution < 1.29 is 14.7 Å². The first-order chi connectivity index (χ1) is 10.3. The smallest absolute Gasteiger partial charge is 0.407 e. The highest BCUT2D eigenvalue weighted by molar-refractivity contribution is 5.88. The zero-order valence-corrected chi connectivity index (χ0v) is 13.8. The summed E-state index contributed by atoms with van der Waals surface area (Å²) in [5.41, 5.74) is 2.77. The molecule has 0 bridgehead atoms. The van der Waals surface area contributed by atoms with Gasteiger partial charge in [0, 0.05) is 32.3 Å². The molecule has 1 saturated heterocycles. The van der Waals surface area contributed by atoms with Crippen molar-refractivity contribution in [1.82, 2.24) is 9.80 Å². The molecule has 22 heavy (non-hydrogen) atoms. The lowest BCUT2D eigenvalue weighted by Crippen LogP contribution is -2.49. The van der Waals surface area contributed by atoms with Gasteiger partial charge in [0.1, 0.15) is 0 Å². The summed E-state index contributed by atoms with van der Waals surface area (Å²) in [6, 6.07) is 0. The Labute approximate surface area is 132 Å². The molecule has 1 fully saturated rings. The molecule has 5 nitrogen and oxygen atoms in total. The Kier molecular flexibility index (Phi) is 4.94. The Balaban J connectivity index is 1.99. The Bertz CT molecular complexity index is 512. The van der Waals surface area contributed by atoms with Crippen LogP contribution in [0.4, 0.5) is 4.79 Å². The fourth-order valence-corrected chi connectivity index (χ4v) is 3.39. The van der Waals surface area contributed by atoms with E-state index in [0.29, 0.717) is 26.2 Å². The third-order valence-corrected chi connectivity index (χ3v) is 4.80. The maximum absolute atomic E-state index is 12.3. The minimum absolute atomic E-state index is 0.0216. The molecule has 5 heteroatoms. The van der Waals surface area contributed by atoms with Gasteiger partial charge in [0.15, 0.2) is 0 Å². The van der Waals surface area contributed by atoms with E-state index in [0.717, 1.165) is 12.8 Å². The van der Waals surface area contributed by atoms with Crippen molar-refractivity contribution in [2.45, 2.75) is 40.0 Å². The van der Waals surface area contributed by atoms with Crippen LogP contribution in [0.5, 0.6) is 0 Å². The summed E-state index contributed by atoms with van der Waals surface area (Å²) in [5, 5.41) is 8.93. The van der Waals surface area contributed by atoms with E-state index in [1.165, 1.54) is 22.5 Å². The summed E-state index contributed by atoms with van der Waals surface area (Å²) in [5.74, 6) is -0.0216. The Morgan fingerprint density at radius 3 is 2.27 bits per heavy atom. The van der Waals surface area contributed by atoms with Gasteiger partial charge in [0.2, 0.25) is 5.91 Å². The maximum Gasteiger partial charge on any atom is 0.407 e. The van der Waals surface area contributed by atoms with Crippen molar-refractivity contribution >= 4 is 12.0 Å². The molecule has 1 aliphatic carbocycles. The van der Waals surface area contributed by atoms with Crippen LogP contribution in [0, 0.1) is 5.41 Å². The minimum Gasteiger partial charge on any atom is -0.465 e. The van der Waals surface area contributed by atoms with Crippen LogP contribution in [0.15, 0.2) is 23.3 Å². The minimum atomic E-state index is -0.910. The number of carboxylic acid groups (broad SMARTS) is 1. The van der Waals surface area contributed by atoms with Gasteiger partial charge < -0.3 is 14.9 Å². The monoisotopic (exact) mass is 306 g/mol. The number of carbonyl (C=O) groups is 2. The maximum atomic E-state index is 12.3. The second kappa shape index (κ2) is 6.55. The molecule has 1 N–H and O–H groups in total. The second-order valence-corrected chi connectivity index (χ2v) is 6.86. The molecule has 0 aromatic rings. The van der Waals surface area contributed by atoms with Crippen molar-refractivity contribution in [3.05, 3.63) is 23.3 Å². The molecule has 2 aliphatic rings. The molecule has 0 saturated carbocycles. The van der Waals surface area contributed by atoms with Gasteiger partial charge >= 0.3 is 6.09 Å². The fraction of sp³-hybridized carbons (Fsp3) is 0.647. The zero-order valence-electron chi connectivity index (χ0n) is 13.8. The van der Waals surface area contributed by atoms with E-state index in [4.69, 9.17) is 5.11 Å². The molecule has 0 radical (unpaired) electrons. The molecule has 0 unspecified atom stereocenters. The topological polar surface area (TPSA) is 60.9 Å². The van der Waals surface area contributed by atoms with E-state index in [-0.39, 0.29) is 11.3 Å². The van der Waals surface area contributed by atoms with Gasteiger partial charge in [-0.2, -0.15) is 0 Å². The van der Waals surface area contributed by atoms with E-state index in [1.54, 1.807) is 11.0 Å². The molecule has 1 aliphatic heterocycles. The molecule has 1 heterocycles. The predicted octanol–water partition coefficient (Wildman–Crippen LogP) is 2.89. The van der Waals surface area contributed by atoms with Crippen LogP contribution in [0.25, 0.3) is 0 Å². The zero-order chi connectivity index (χ0) is 16.3. The van der Waals surface area contributed by atoms with E-state index in [2.05, 4.69) is 20.8 Å². The van der Waals surface area contributed by atoms with Crippen molar-refractivity contribution in [1.29, 1.82) is 0 Å². The highest BCUT2D eigenvalue weighted by atomic mass is 16.4. The molecule has 2 rings (SSSR count). The van der Waals surface area contributed by atoms with E-state index < -0.39 is 6.09 Å². The van der Waals surface area contributed by atoms with Crippen molar-refractivity contribution in [2.75, 3.05) is 26.2 Å². The molecule has 122 valence electrons. The molecule has 0 spiro atoms. The molecular formula is C17H26N2O3. The van der Waals surface area contributed by atoms with Gasteiger partial charge in [-0.25, -0.2) is 4.79 Å². The van der Waals surface area contributed by atoms with Gasteiger partial charge in [-0.15, -0.1) is 0 Å². The fourth-order valence-electron chi connectivity index (χ4n) is 3.39. The molecule has 0 atom stereocenters. The lowest BCUT2D eigenvalue weighted by molar-refractivity contribution is -0.127. The van der Waals surface area contributed by atoms with Gasteiger partial charge in [0.25, 0.3) is 0 Å². The van der Waals surface area contributed by atoms with Gasteiger partial charge in [-0.1, -0.05) is 25.5 Å². The third kappa shape index (κ3) is 3.70. The lowest BCUT2D eigenvalue weighted by atomic mass is 9.72. The van der Waals surface area contributed by atoms with Crippen LogP contribution in [-0.4, -0.2) is 53.1 Å². The molecule has 0 aromatic carbocycles. The van der Waals surface area contributed by atoms with Crippen LogP contribution in [0.1, 0.15) is 40.0 Å². The summed E-state index contributed by atoms with van der Waals surface area (Å²) >= 11 is 0. The summed E-state index contributed by atoms with van der Waals surface area (Å²) in [6.45, 7) is 8.33. The first-order valence-electron chi connectivity index (χ1n) is 7.96. The lowest BCUT2D eigenvalue weighted by Gasteiger charge is -2.34. The van der Waals surface area contributed by atoms with Gasteiger partial charge in [-0.3, -0.25) is 4.79 Å². The summed E-state index contributed by atoms with van der Waals surface area (Å²) in [4.78, 5) is 26.2. The number of amides is 2.